The fourth-order valence-electron chi connectivity index (χ4n) is 3.42. The van der Waals surface area contributed by atoms with Gasteiger partial charge in [0.05, 0.1) is 18.2 Å². The molecule has 0 bridgehead atoms. The molecule has 1 fully saturated rings. The summed E-state index contributed by atoms with van der Waals surface area (Å²) in [5.41, 5.74) is 1.47. The maximum absolute atomic E-state index is 12.9. The van der Waals surface area contributed by atoms with Crippen LogP contribution in [-0.2, 0) is 0 Å². The lowest BCUT2D eigenvalue weighted by Crippen LogP contribution is -2.43. The predicted molar refractivity (Wildman–Crippen MR) is 104 cm³/mol. The van der Waals surface area contributed by atoms with Gasteiger partial charge in [0.15, 0.2) is 0 Å². The standard InChI is InChI=1S/C21H25N3O3/c1-3-18-6-4-5-11-24(18)21(26)16-12-15(13-22-14-16)20(25)23-17-7-9-19(27-2)10-8-17/h7-10,12-14,18H,3-6,11H2,1-2H3,(H,23,25). The van der Waals surface area contributed by atoms with Crippen LogP contribution in [-0.4, -0.2) is 41.4 Å². The molecule has 27 heavy (non-hydrogen) atoms. The van der Waals surface area contributed by atoms with Crippen LogP contribution in [0.5, 0.6) is 5.75 Å². The Bertz CT molecular complexity index is 805. The van der Waals surface area contributed by atoms with Crippen LogP contribution in [0.4, 0.5) is 5.69 Å². The van der Waals surface area contributed by atoms with Crippen LogP contribution in [0, 0.1) is 0 Å². The first-order valence-electron chi connectivity index (χ1n) is 9.33. The van der Waals surface area contributed by atoms with Crippen molar-refractivity contribution in [1.82, 2.24) is 9.88 Å². The Labute approximate surface area is 159 Å². The number of ether oxygens (including phenoxy) is 1. The summed E-state index contributed by atoms with van der Waals surface area (Å²) in [7, 11) is 1.59. The summed E-state index contributed by atoms with van der Waals surface area (Å²) in [6, 6.07) is 8.96. The summed E-state index contributed by atoms with van der Waals surface area (Å²) in [5.74, 6) is 0.371. The quantitative estimate of drug-likeness (QED) is 0.874. The topological polar surface area (TPSA) is 71.5 Å². The first kappa shape index (κ1) is 18.9. The molecule has 1 aliphatic rings. The normalized spacial score (nSPS) is 16.7. The number of likely N-dealkylation sites (tertiary alicyclic amines) is 1. The summed E-state index contributed by atoms with van der Waals surface area (Å²) in [5, 5.41) is 2.82. The molecule has 0 saturated carbocycles. The average Bonchev–Trinajstić information content (AvgIpc) is 2.73. The Kier molecular flexibility index (Phi) is 6.06. The van der Waals surface area contributed by atoms with E-state index in [1.807, 2.05) is 4.90 Å². The maximum Gasteiger partial charge on any atom is 0.257 e. The van der Waals surface area contributed by atoms with E-state index >= 15 is 0 Å². The Balaban J connectivity index is 1.73. The average molecular weight is 367 g/mol. The number of methoxy groups -OCH3 is 1. The monoisotopic (exact) mass is 367 g/mol. The molecule has 2 heterocycles. The number of anilines is 1. The van der Waals surface area contributed by atoms with E-state index in [0.29, 0.717) is 22.6 Å². The minimum absolute atomic E-state index is 0.0480. The van der Waals surface area contributed by atoms with Gasteiger partial charge in [0.25, 0.3) is 11.8 Å². The fraction of sp³-hybridized carbons (Fsp3) is 0.381. The third-order valence-electron chi connectivity index (χ3n) is 4.95. The van der Waals surface area contributed by atoms with Gasteiger partial charge in [-0.05, 0) is 56.0 Å². The van der Waals surface area contributed by atoms with Crippen LogP contribution in [0.15, 0.2) is 42.7 Å². The first-order valence-corrected chi connectivity index (χ1v) is 9.33. The molecule has 3 rings (SSSR count). The van der Waals surface area contributed by atoms with Crippen LogP contribution in [0.2, 0.25) is 0 Å². The molecule has 142 valence electrons. The van der Waals surface area contributed by atoms with E-state index in [1.165, 1.54) is 12.4 Å². The van der Waals surface area contributed by atoms with E-state index in [0.717, 1.165) is 32.2 Å². The maximum atomic E-state index is 12.9. The number of aromatic nitrogens is 1. The zero-order valence-corrected chi connectivity index (χ0v) is 15.8. The first-order chi connectivity index (χ1) is 13.1. The molecule has 1 aromatic carbocycles. The molecular weight excluding hydrogens is 342 g/mol. The number of hydrogen-bond donors (Lipinski definition) is 1. The number of carbonyl (C=O) groups is 2. The van der Waals surface area contributed by atoms with Crippen LogP contribution in [0.25, 0.3) is 0 Å². The van der Waals surface area contributed by atoms with E-state index in [4.69, 9.17) is 4.74 Å². The molecule has 1 aliphatic heterocycles. The minimum atomic E-state index is -0.298. The van der Waals surface area contributed by atoms with E-state index < -0.39 is 0 Å². The summed E-state index contributed by atoms with van der Waals surface area (Å²) in [6.07, 6.45) is 7.17. The molecule has 1 aromatic heterocycles. The van der Waals surface area contributed by atoms with Crippen molar-refractivity contribution in [2.24, 2.45) is 0 Å². The lowest BCUT2D eigenvalue weighted by molar-refractivity contribution is 0.0607. The van der Waals surface area contributed by atoms with Crippen molar-refractivity contribution < 1.29 is 14.3 Å². The van der Waals surface area contributed by atoms with Crippen LogP contribution < -0.4 is 10.1 Å². The van der Waals surface area contributed by atoms with Crippen molar-refractivity contribution in [1.29, 1.82) is 0 Å². The predicted octanol–water partition coefficient (Wildman–Crippen LogP) is 3.75. The number of piperidine rings is 1. The second-order valence-corrected chi connectivity index (χ2v) is 6.70. The summed E-state index contributed by atoms with van der Waals surface area (Å²) in [4.78, 5) is 31.5. The second-order valence-electron chi connectivity index (χ2n) is 6.70. The van der Waals surface area contributed by atoms with Crippen LogP contribution in [0.3, 0.4) is 0 Å². The smallest absolute Gasteiger partial charge is 0.257 e. The number of benzene rings is 1. The molecule has 1 atom stereocenters. The van der Waals surface area contributed by atoms with E-state index in [-0.39, 0.29) is 17.9 Å². The lowest BCUT2D eigenvalue weighted by atomic mass is 9.99. The van der Waals surface area contributed by atoms with Crippen molar-refractivity contribution in [3.63, 3.8) is 0 Å². The molecule has 0 radical (unpaired) electrons. The van der Waals surface area contributed by atoms with E-state index in [1.54, 1.807) is 37.4 Å². The number of nitrogens with zero attached hydrogens (tertiary/aromatic N) is 2. The number of nitrogens with one attached hydrogen (secondary N) is 1. The SMILES string of the molecule is CCC1CCCCN1C(=O)c1cncc(C(=O)Nc2ccc(OC)cc2)c1. The summed E-state index contributed by atoms with van der Waals surface area (Å²) < 4.78 is 5.11. The molecule has 2 aromatic rings. The Hall–Kier alpha value is -2.89. The molecule has 1 unspecified atom stereocenters. The molecule has 2 amide bonds. The van der Waals surface area contributed by atoms with E-state index in [9.17, 15) is 9.59 Å². The van der Waals surface area contributed by atoms with Gasteiger partial charge in [-0.15, -0.1) is 0 Å². The van der Waals surface area contributed by atoms with Crippen molar-refractivity contribution in [3.05, 3.63) is 53.9 Å². The Morgan fingerprint density at radius 2 is 1.93 bits per heavy atom. The Morgan fingerprint density at radius 3 is 2.63 bits per heavy atom. The highest BCUT2D eigenvalue weighted by Gasteiger charge is 2.26. The molecule has 0 spiro atoms. The Morgan fingerprint density at radius 1 is 1.19 bits per heavy atom. The largest absolute Gasteiger partial charge is 0.497 e. The van der Waals surface area contributed by atoms with Gasteiger partial charge in [-0.3, -0.25) is 14.6 Å². The summed E-state index contributed by atoms with van der Waals surface area (Å²) >= 11 is 0. The molecule has 0 aliphatic carbocycles. The number of amides is 2. The van der Waals surface area contributed by atoms with Gasteiger partial charge in [-0.1, -0.05) is 6.92 Å². The van der Waals surface area contributed by atoms with Crippen molar-refractivity contribution in [2.45, 2.75) is 38.6 Å². The molecule has 6 heteroatoms. The highest BCUT2D eigenvalue weighted by Crippen LogP contribution is 2.22. The van der Waals surface area contributed by atoms with Crippen molar-refractivity contribution in [3.8, 4) is 5.75 Å². The molecule has 6 nitrogen and oxygen atoms in total. The van der Waals surface area contributed by atoms with Gasteiger partial charge in [0, 0.05) is 30.7 Å². The van der Waals surface area contributed by atoms with Crippen molar-refractivity contribution >= 4 is 17.5 Å². The molecular formula is C21H25N3O3. The van der Waals surface area contributed by atoms with Crippen molar-refractivity contribution in [2.75, 3.05) is 19.0 Å². The third kappa shape index (κ3) is 4.45. The number of hydrogen-bond acceptors (Lipinski definition) is 4. The molecule has 1 saturated heterocycles. The van der Waals surface area contributed by atoms with Gasteiger partial charge in [0.2, 0.25) is 0 Å². The highest BCUT2D eigenvalue weighted by molar-refractivity contribution is 6.05. The third-order valence-corrected chi connectivity index (χ3v) is 4.95. The van der Waals surface area contributed by atoms with Crippen LogP contribution in [0.1, 0.15) is 53.3 Å². The number of carbonyl (C=O) groups excluding carboxylic acids is 2. The van der Waals surface area contributed by atoms with Crippen LogP contribution >= 0.6 is 0 Å². The van der Waals surface area contributed by atoms with Gasteiger partial charge in [0.1, 0.15) is 5.75 Å². The van der Waals surface area contributed by atoms with Gasteiger partial charge < -0.3 is 15.0 Å². The lowest BCUT2D eigenvalue weighted by Gasteiger charge is -2.35. The number of pyridine rings is 1. The highest BCUT2D eigenvalue weighted by atomic mass is 16.5. The van der Waals surface area contributed by atoms with Gasteiger partial charge in [-0.25, -0.2) is 0 Å². The number of rotatable bonds is 5. The zero-order valence-electron chi connectivity index (χ0n) is 15.8. The van der Waals surface area contributed by atoms with Gasteiger partial charge in [-0.2, -0.15) is 0 Å². The summed E-state index contributed by atoms with van der Waals surface area (Å²) in [6.45, 7) is 2.87. The fourth-order valence-corrected chi connectivity index (χ4v) is 3.42. The van der Waals surface area contributed by atoms with E-state index in [2.05, 4.69) is 17.2 Å². The second kappa shape index (κ2) is 8.66. The zero-order chi connectivity index (χ0) is 19.2. The molecule has 1 N–H and O–H groups in total. The van der Waals surface area contributed by atoms with Gasteiger partial charge >= 0.3 is 0 Å². The minimum Gasteiger partial charge on any atom is -0.497 e.